The Labute approximate surface area is 82.3 Å². The molecule has 0 aliphatic rings. The zero-order valence-electron chi connectivity index (χ0n) is 9.25. The molecule has 13 heavy (non-hydrogen) atoms. The van der Waals surface area contributed by atoms with E-state index in [2.05, 4.69) is 56.4 Å². The van der Waals surface area contributed by atoms with Crippen LogP contribution in [0, 0.1) is 6.92 Å². The lowest BCUT2D eigenvalue weighted by Crippen LogP contribution is -2.50. The molecule has 1 rings (SSSR count). The van der Waals surface area contributed by atoms with E-state index in [0.29, 0.717) is 0 Å². The molecule has 0 bridgehead atoms. The van der Waals surface area contributed by atoms with Gasteiger partial charge >= 0.3 is 0 Å². The molecule has 0 aromatic carbocycles. The van der Waals surface area contributed by atoms with Gasteiger partial charge in [0, 0.05) is 6.92 Å². The van der Waals surface area contributed by atoms with E-state index in [4.69, 9.17) is 0 Å². The summed E-state index contributed by atoms with van der Waals surface area (Å²) in [4.78, 5) is 0. The SMILES string of the molecule is CC[B-]n1cc[n+]([BH-](C)CC)c1C. The molecule has 0 fully saturated rings. The Bertz CT molecular complexity index is 271. The van der Waals surface area contributed by atoms with E-state index in [1.807, 2.05) is 0 Å². The van der Waals surface area contributed by atoms with Gasteiger partial charge in [-0.1, -0.05) is 21.3 Å². The van der Waals surface area contributed by atoms with Crippen molar-refractivity contribution in [3.05, 3.63) is 18.2 Å². The highest BCUT2D eigenvalue weighted by atomic mass is 15.1. The Kier molecular flexibility index (Phi) is 3.64. The van der Waals surface area contributed by atoms with Gasteiger partial charge in [0.2, 0.25) is 0 Å². The molecule has 0 saturated heterocycles. The van der Waals surface area contributed by atoms with Crippen molar-refractivity contribution in [2.24, 2.45) is 0 Å². The van der Waals surface area contributed by atoms with E-state index in [1.54, 1.807) is 0 Å². The fourth-order valence-electron chi connectivity index (χ4n) is 1.72. The molecule has 1 heterocycles. The summed E-state index contributed by atoms with van der Waals surface area (Å²) >= 11 is 0. The maximum absolute atomic E-state index is 2.41. The highest BCUT2D eigenvalue weighted by Crippen LogP contribution is 1.95. The van der Waals surface area contributed by atoms with Gasteiger partial charge in [0.15, 0.2) is 12.7 Å². The maximum Gasteiger partial charge on any atom is 0.174 e. The maximum atomic E-state index is 2.41. The molecule has 0 aliphatic heterocycles. The first-order chi connectivity index (χ1) is 6.20. The molecule has 0 N–H and O–H groups in total. The molecule has 1 atom stereocenters. The minimum atomic E-state index is -0.183. The second kappa shape index (κ2) is 4.54. The topological polar surface area (TPSA) is 8.81 Å². The molecule has 2 radical (unpaired) electrons. The smallest absolute Gasteiger partial charge is 0.174 e. The normalized spacial score (nSPS) is 13.2. The summed E-state index contributed by atoms with van der Waals surface area (Å²) in [7, 11) is 2.22. The number of nitrogens with zero attached hydrogens (tertiary/aromatic N) is 2. The predicted molar refractivity (Wildman–Crippen MR) is 59.9 cm³/mol. The van der Waals surface area contributed by atoms with Crippen LogP contribution in [0.15, 0.2) is 12.4 Å². The van der Waals surface area contributed by atoms with Crippen LogP contribution in [-0.2, 0) is 0 Å². The fourth-order valence-corrected chi connectivity index (χ4v) is 1.72. The monoisotopic (exact) mass is 177 g/mol. The van der Waals surface area contributed by atoms with Crippen molar-refractivity contribution in [2.45, 2.75) is 40.2 Å². The fraction of sp³-hybridized carbons (Fsp3) is 0.667. The third-order valence-electron chi connectivity index (χ3n) is 2.88. The Morgan fingerprint density at radius 1 is 1.54 bits per heavy atom. The summed E-state index contributed by atoms with van der Waals surface area (Å²) in [6.07, 6.45) is 6.70. The lowest BCUT2D eigenvalue weighted by atomic mass is 9.62. The van der Waals surface area contributed by atoms with Gasteiger partial charge < -0.3 is 8.96 Å². The van der Waals surface area contributed by atoms with Crippen LogP contribution in [0.5, 0.6) is 0 Å². The Hall–Kier alpha value is -0.660. The second-order valence-corrected chi connectivity index (χ2v) is 3.85. The quantitative estimate of drug-likeness (QED) is 0.611. The minimum Gasteiger partial charge on any atom is -0.498 e. The second-order valence-electron chi connectivity index (χ2n) is 3.85. The van der Waals surface area contributed by atoms with E-state index in [1.165, 1.54) is 12.1 Å². The van der Waals surface area contributed by atoms with E-state index in [0.717, 1.165) is 6.32 Å². The zero-order chi connectivity index (χ0) is 9.84. The summed E-state index contributed by atoms with van der Waals surface area (Å²) in [6, 6.07) is 0. The predicted octanol–water partition coefficient (Wildman–Crippen LogP) is 1.21. The van der Waals surface area contributed by atoms with Gasteiger partial charge in [-0.25, -0.2) is 0 Å². The van der Waals surface area contributed by atoms with Crippen LogP contribution in [0.3, 0.4) is 0 Å². The van der Waals surface area contributed by atoms with Gasteiger partial charge in [0.1, 0.15) is 0 Å². The van der Waals surface area contributed by atoms with Crippen molar-refractivity contribution in [1.82, 2.24) is 4.48 Å². The van der Waals surface area contributed by atoms with Crippen LogP contribution in [0.2, 0.25) is 19.5 Å². The van der Waals surface area contributed by atoms with E-state index < -0.39 is 0 Å². The average Bonchev–Trinajstić information content (AvgIpc) is 2.48. The minimum absolute atomic E-state index is 0.183. The van der Waals surface area contributed by atoms with Crippen LogP contribution >= 0.6 is 0 Å². The molecule has 0 aliphatic carbocycles. The first kappa shape index (κ1) is 10.4. The van der Waals surface area contributed by atoms with Crippen LogP contribution in [0.4, 0.5) is 0 Å². The van der Waals surface area contributed by atoms with Crippen molar-refractivity contribution >= 4 is 14.3 Å². The molecule has 1 unspecified atom stereocenters. The van der Waals surface area contributed by atoms with Crippen molar-refractivity contribution in [1.29, 1.82) is 0 Å². The van der Waals surface area contributed by atoms with Gasteiger partial charge in [0.05, 0.1) is 12.4 Å². The molecule has 1 aromatic rings. The number of hydrogen-bond donors (Lipinski definition) is 0. The standard InChI is InChI=1S/C9H19B2N2/c1-5-10-12-7-8-13(9(12)3)11(4)6-2/h7-8,11H,5-6H2,1-4H3/q-1. The Morgan fingerprint density at radius 3 is 2.77 bits per heavy atom. The first-order valence-corrected chi connectivity index (χ1v) is 5.40. The largest absolute Gasteiger partial charge is 0.498 e. The lowest BCUT2D eigenvalue weighted by molar-refractivity contribution is -0.544. The molecule has 0 saturated carbocycles. The number of aromatic nitrogens is 2. The third kappa shape index (κ3) is 2.17. The number of rotatable bonds is 4. The van der Waals surface area contributed by atoms with E-state index in [9.17, 15) is 0 Å². The van der Waals surface area contributed by atoms with Crippen molar-refractivity contribution in [3.63, 3.8) is 0 Å². The van der Waals surface area contributed by atoms with Crippen molar-refractivity contribution in [2.75, 3.05) is 0 Å². The molecular formula is C9H19B2N2-. The van der Waals surface area contributed by atoms with Gasteiger partial charge in [0.25, 0.3) is 0 Å². The first-order valence-electron chi connectivity index (χ1n) is 5.40. The van der Waals surface area contributed by atoms with Gasteiger partial charge in [-0.3, -0.25) is 0 Å². The Morgan fingerprint density at radius 2 is 2.23 bits per heavy atom. The molecular weight excluding hydrogens is 158 g/mol. The van der Waals surface area contributed by atoms with E-state index in [-0.39, 0.29) is 6.85 Å². The van der Waals surface area contributed by atoms with Gasteiger partial charge in [-0.2, -0.15) is 13.1 Å². The summed E-state index contributed by atoms with van der Waals surface area (Å²) in [5.74, 6) is 1.35. The Balaban J connectivity index is 2.85. The van der Waals surface area contributed by atoms with Crippen molar-refractivity contribution < 1.29 is 4.48 Å². The highest BCUT2D eigenvalue weighted by molar-refractivity contribution is 6.47. The number of hydrogen-bond acceptors (Lipinski definition) is 0. The highest BCUT2D eigenvalue weighted by Gasteiger charge is 2.05. The molecule has 2 nitrogen and oxygen atoms in total. The van der Waals surface area contributed by atoms with Crippen LogP contribution in [0.1, 0.15) is 19.7 Å². The van der Waals surface area contributed by atoms with Gasteiger partial charge in [-0.05, 0) is 0 Å². The zero-order valence-corrected chi connectivity index (χ0v) is 9.25. The lowest BCUT2D eigenvalue weighted by Gasteiger charge is -2.17. The molecule has 4 heteroatoms. The molecule has 0 amide bonds. The third-order valence-corrected chi connectivity index (χ3v) is 2.88. The molecule has 0 spiro atoms. The molecule has 1 aromatic heterocycles. The summed E-state index contributed by atoms with van der Waals surface area (Å²) in [5, 5.41) is 0. The van der Waals surface area contributed by atoms with Crippen LogP contribution in [-0.4, -0.2) is 18.7 Å². The molecule has 72 valence electrons. The summed E-state index contributed by atoms with van der Waals surface area (Å²) in [6.45, 7) is 8.76. The van der Waals surface area contributed by atoms with Crippen molar-refractivity contribution in [3.8, 4) is 0 Å². The van der Waals surface area contributed by atoms with Crippen LogP contribution < -0.4 is 4.48 Å². The summed E-state index contributed by atoms with van der Waals surface area (Å²) < 4.78 is 4.63. The number of imidazole rings is 1. The van der Waals surface area contributed by atoms with E-state index >= 15 is 0 Å². The summed E-state index contributed by atoms with van der Waals surface area (Å²) in [5.41, 5.74) is 0. The van der Waals surface area contributed by atoms with Crippen LogP contribution in [0.25, 0.3) is 0 Å². The van der Waals surface area contributed by atoms with Gasteiger partial charge in [-0.15, -0.1) is 6.32 Å². The average molecular weight is 177 g/mol.